The number of carbonyl (C=O) groups excluding carboxylic acids is 1. The summed E-state index contributed by atoms with van der Waals surface area (Å²) < 4.78 is 13.0. The number of halogens is 2. The third-order valence-corrected chi connectivity index (χ3v) is 5.02. The molecule has 0 fully saturated rings. The van der Waals surface area contributed by atoms with Crippen LogP contribution in [0.3, 0.4) is 0 Å². The maximum atomic E-state index is 13.0. The minimum absolute atomic E-state index is 0.0168. The van der Waals surface area contributed by atoms with E-state index in [9.17, 15) is 9.18 Å². The molecule has 2 rings (SSSR count). The highest BCUT2D eigenvalue weighted by atomic mass is 35.5. The van der Waals surface area contributed by atoms with Crippen molar-refractivity contribution in [1.82, 2.24) is 16.2 Å². The van der Waals surface area contributed by atoms with E-state index in [-0.39, 0.29) is 23.5 Å². The van der Waals surface area contributed by atoms with Gasteiger partial charge in [-0.15, -0.1) is 11.8 Å². The molecular weight excluding hydrogens is 393 g/mol. The van der Waals surface area contributed by atoms with Gasteiger partial charge in [0.1, 0.15) is 5.82 Å². The monoisotopic (exact) mass is 411 g/mol. The number of hydrazine groups is 1. The number of benzene rings is 2. The van der Waals surface area contributed by atoms with E-state index in [0.717, 1.165) is 11.1 Å². The summed E-state index contributed by atoms with van der Waals surface area (Å²) in [7, 11) is 0. The van der Waals surface area contributed by atoms with E-state index in [1.54, 1.807) is 6.07 Å². The van der Waals surface area contributed by atoms with E-state index < -0.39 is 0 Å². The second kappa shape index (κ2) is 10.4. The van der Waals surface area contributed by atoms with Crippen molar-refractivity contribution in [2.24, 2.45) is 0 Å². The normalized spacial score (nSPS) is 11.5. The first-order valence-electron chi connectivity index (χ1n) is 7.87. The molecule has 138 valence electrons. The standard InChI is InChI=1S/C18H19ClFN3OS2/c1-12(13-5-3-2-4-6-13)21-18(25)23-22-17(24)11-26-10-14-7-8-15(20)9-16(14)19/h2-9,12H,10-11H2,1H3,(H,22,24)(H2,21,23,25)/t12-/m0/s1. The van der Waals surface area contributed by atoms with Crippen molar-refractivity contribution in [3.63, 3.8) is 0 Å². The Bertz CT molecular complexity index is 761. The van der Waals surface area contributed by atoms with Crippen LogP contribution in [0.5, 0.6) is 0 Å². The van der Waals surface area contributed by atoms with E-state index in [0.29, 0.717) is 15.9 Å². The molecular formula is C18H19ClFN3OS2. The lowest BCUT2D eigenvalue weighted by Gasteiger charge is -2.17. The molecule has 0 bridgehead atoms. The summed E-state index contributed by atoms with van der Waals surface area (Å²) >= 11 is 12.5. The molecule has 0 radical (unpaired) electrons. The van der Waals surface area contributed by atoms with Crippen molar-refractivity contribution in [3.8, 4) is 0 Å². The molecule has 0 aliphatic carbocycles. The summed E-state index contributed by atoms with van der Waals surface area (Å²) in [6, 6.07) is 14.1. The highest BCUT2D eigenvalue weighted by Gasteiger charge is 2.08. The third kappa shape index (κ3) is 6.82. The summed E-state index contributed by atoms with van der Waals surface area (Å²) in [5.74, 6) is 0.138. The van der Waals surface area contributed by atoms with Gasteiger partial charge >= 0.3 is 0 Å². The highest BCUT2D eigenvalue weighted by Crippen LogP contribution is 2.22. The number of nitrogens with one attached hydrogen (secondary N) is 3. The summed E-state index contributed by atoms with van der Waals surface area (Å²) in [6.45, 7) is 1.98. The number of carbonyl (C=O) groups is 1. The predicted molar refractivity (Wildman–Crippen MR) is 109 cm³/mol. The van der Waals surface area contributed by atoms with Crippen LogP contribution in [-0.4, -0.2) is 16.8 Å². The Labute approximate surface area is 166 Å². The van der Waals surface area contributed by atoms with Gasteiger partial charge in [0.05, 0.1) is 11.8 Å². The number of rotatable bonds is 6. The van der Waals surface area contributed by atoms with Crippen molar-refractivity contribution in [1.29, 1.82) is 0 Å². The van der Waals surface area contributed by atoms with Gasteiger partial charge in [-0.05, 0) is 42.4 Å². The molecule has 8 heteroatoms. The van der Waals surface area contributed by atoms with E-state index >= 15 is 0 Å². The van der Waals surface area contributed by atoms with Gasteiger partial charge < -0.3 is 5.32 Å². The lowest BCUT2D eigenvalue weighted by Crippen LogP contribution is -2.47. The van der Waals surface area contributed by atoms with Crippen LogP contribution in [0.2, 0.25) is 5.02 Å². The summed E-state index contributed by atoms with van der Waals surface area (Å²) in [6.07, 6.45) is 0. The molecule has 0 spiro atoms. The molecule has 2 aromatic rings. The molecule has 0 saturated heterocycles. The molecule has 2 aromatic carbocycles. The van der Waals surface area contributed by atoms with Crippen molar-refractivity contribution in [2.45, 2.75) is 18.7 Å². The molecule has 0 aromatic heterocycles. The largest absolute Gasteiger partial charge is 0.355 e. The van der Waals surface area contributed by atoms with Crippen LogP contribution >= 0.6 is 35.6 Å². The van der Waals surface area contributed by atoms with Crippen molar-refractivity contribution >= 4 is 46.6 Å². The van der Waals surface area contributed by atoms with Gasteiger partial charge in [-0.2, -0.15) is 0 Å². The predicted octanol–water partition coefficient (Wildman–Crippen LogP) is 3.97. The summed E-state index contributed by atoms with van der Waals surface area (Å²) in [5, 5.41) is 3.78. The number of thioether (sulfide) groups is 1. The lowest BCUT2D eigenvalue weighted by molar-refractivity contribution is -0.119. The zero-order valence-corrected chi connectivity index (χ0v) is 16.5. The van der Waals surface area contributed by atoms with Gasteiger partial charge in [-0.1, -0.05) is 48.0 Å². The first kappa shape index (κ1) is 20.5. The van der Waals surface area contributed by atoms with Crippen LogP contribution in [0.15, 0.2) is 48.5 Å². The number of hydrogen-bond acceptors (Lipinski definition) is 3. The zero-order chi connectivity index (χ0) is 18.9. The average Bonchev–Trinajstić information content (AvgIpc) is 2.62. The molecule has 3 N–H and O–H groups in total. The van der Waals surface area contributed by atoms with Crippen molar-refractivity contribution in [2.75, 3.05) is 5.75 Å². The Balaban J connectivity index is 1.67. The van der Waals surface area contributed by atoms with Crippen LogP contribution in [-0.2, 0) is 10.5 Å². The van der Waals surface area contributed by atoms with Crippen LogP contribution in [0, 0.1) is 5.82 Å². The Morgan fingerprint density at radius 1 is 1.23 bits per heavy atom. The van der Waals surface area contributed by atoms with E-state index in [1.165, 1.54) is 23.9 Å². The van der Waals surface area contributed by atoms with Crippen molar-refractivity contribution < 1.29 is 9.18 Å². The Morgan fingerprint density at radius 2 is 1.96 bits per heavy atom. The number of hydrogen-bond donors (Lipinski definition) is 3. The fourth-order valence-corrected chi connectivity index (χ4v) is 3.49. The molecule has 1 atom stereocenters. The first-order chi connectivity index (χ1) is 12.5. The van der Waals surface area contributed by atoms with Crippen molar-refractivity contribution in [3.05, 3.63) is 70.5 Å². The lowest BCUT2D eigenvalue weighted by atomic mass is 10.1. The fourth-order valence-electron chi connectivity index (χ4n) is 2.11. The van der Waals surface area contributed by atoms with Gasteiger partial charge in [0.2, 0.25) is 5.91 Å². The Morgan fingerprint density at radius 3 is 2.65 bits per heavy atom. The summed E-state index contributed by atoms with van der Waals surface area (Å²) in [4.78, 5) is 11.9. The topological polar surface area (TPSA) is 53.2 Å². The SMILES string of the molecule is C[C@H](NC(=S)NNC(=O)CSCc1ccc(F)cc1Cl)c1ccccc1. The van der Waals surface area contributed by atoms with E-state index in [4.69, 9.17) is 23.8 Å². The Hall–Kier alpha value is -1.83. The first-order valence-corrected chi connectivity index (χ1v) is 9.82. The Kier molecular flexibility index (Phi) is 8.15. The maximum Gasteiger partial charge on any atom is 0.248 e. The van der Waals surface area contributed by atoms with Gasteiger partial charge in [0.15, 0.2) is 5.11 Å². The fraction of sp³-hybridized carbons (Fsp3) is 0.222. The molecule has 0 heterocycles. The van der Waals surface area contributed by atoms with E-state index in [2.05, 4.69) is 16.2 Å². The van der Waals surface area contributed by atoms with Crippen LogP contribution in [0.4, 0.5) is 4.39 Å². The third-order valence-electron chi connectivity index (χ3n) is 3.47. The minimum Gasteiger partial charge on any atom is -0.355 e. The van der Waals surface area contributed by atoms with Crippen LogP contribution < -0.4 is 16.2 Å². The van der Waals surface area contributed by atoms with Gasteiger partial charge in [0, 0.05) is 10.8 Å². The molecule has 0 unspecified atom stereocenters. The van der Waals surface area contributed by atoms with Gasteiger partial charge in [-0.3, -0.25) is 15.6 Å². The zero-order valence-electron chi connectivity index (χ0n) is 14.1. The number of amides is 1. The smallest absolute Gasteiger partial charge is 0.248 e. The van der Waals surface area contributed by atoms with Gasteiger partial charge in [0.25, 0.3) is 0 Å². The van der Waals surface area contributed by atoms with E-state index in [1.807, 2.05) is 37.3 Å². The molecule has 0 aliphatic rings. The minimum atomic E-state index is -0.378. The maximum absolute atomic E-state index is 13.0. The highest BCUT2D eigenvalue weighted by molar-refractivity contribution is 7.99. The second-order valence-electron chi connectivity index (χ2n) is 5.51. The van der Waals surface area contributed by atoms with Crippen LogP contribution in [0.1, 0.15) is 24.1 Å². The molecule has 0 saturated carbocycles. The van der Waals surface area contributed by atoms with Crippen LogP contribution in [0.25, 0.3) is 0 Å². The molecule has 1 amide bonds. The average molecular weight is 412 g/mol. The summed E-state index contributed by atoms with van der Waals surface area (Å²) in [5.41, 5.74) is 7.10. The number of thiocarbonyl (C=S) groups is 1. The molecule has 26 heavy (non-hydrogen) atoms. The second-order valence-corrected chi connectivity index (χ2v) is 7.31. The molecule has 0 aliphatic heterocycles. The quantitative estimate of drug-likeness (QED) is 0.496. The van der Waals surface area contributed by atoms with Gasteiger partial charge in [-0.25, -0.2) is 4.39 Å². The molecule has 4 nitrogen and oxygen atoms in total.